The van der Waals surface area contributed by atoms with Crippen LogP contribution in [0.2, 0.25) is 0 Å². The number of aryl methyl sites for hydroxylation is 1. The highest BCUT2D eigenvalue weighted by Crippen LogP contribution is 2.17. The van der Waals surface area contributed by atoms with E-state index in [4.69, 9.17) is 11.6 Å². The topological polar surface area (TPSA) is 49.3 Å². The fraction of sp³-hybridized carbons (Fsp3) is 0.364. The van der Waals surface area contributed by atoms with Crippen LogP contribution in [0.5, 0.6) is 5.75 Å². The lowest BCUT2D eigenvalue weighted by atomic mass is 10.1. The molecule has 1 aromatic rings. The Morgan fingerprint density at radius 2 is 2.27 bits per heavy atom. The average molecular weight is 228 g/mol. The van der Waals surface area contributed by atoms with Crippen LogP contribution in [0.3, 0.4) is 0 Å². The molecule has 0 bridgehead atoms. The molecule has 0 fully saturated rings. The van der Waals surface area contributed by atoms with Crippen molar-refractivity contribution in [1.82, 2.24) is 5.32 Å². The summed E-state index contributed by atoms with van der Waals surface area (Å²) in [6.07, 6.45) is 0. The van der Waals surface area contributed by atoms with Gasteiger partial charge in [0.1, 0.15) is 5.75 Å². The van der Waals surface area contributed by atoms with Crippen molar-refractivity contribution in [2.45, 2.75) is 19.9 Å². The number of nitrogens with one attached hydrogen (secondary N) is 1. The van der Waals surface area contributed by atoms with Gasteiger partial charge in [-0.15, -0.1) is 11.6 Å². The van der Waals surface area contributed by atoms with E-state index in [1.54, 1.807) is 19.1 Å². The number of phenols is 1. The average Bonchev–Trinajstić information content (AvgIpc) is 2.21. The molecule has 0 saturated heterocycles. The van der Waals surface area contributed by atoms with Crippen molar-refractivity contribution in [2.24, 2.45) is 0 Å². The van der Waals surface area contributed by atoms with E-state index < -0.39 is 0 Å². The maximum Gasteiger partial charge on any atom is 0.251 e. The van der Waals surface area contributed by atoms with Crippen LogP contribution in [-0.2, 0) is 0 Å². The number of rotatable bonds is 3. The molecule has 0 aliphatic rings. The van der Waals surface area contributed by atoms with E-state index in [2.05, 4.69) is 5.32 Å². The van der Waals surface area contributed by atoms with E-state index >= 15 is 0 Å². The van der Waals surface area contributed by atoms with Crippen LogP contribution in [-0.4, -0.2) is 22.9 Å². The first-order chi connectivity index (χ1) is 7.04. The highest BCUT2D eigenvalue weighted by Gasteiger charge is 2.09. The minimum absolute atomic E-state index is 0.0809. The van der Waals surface area contributed by atoms with Gasteiger partial charge in [0.05, 0.1) is 0 Å². The Balaban J connectivity index is 2.78. The van der Waals surface area contributed by atoms with Crippen molar-refractivity contribution in [3.63, 3.8) is 0 Å². The Morgan fingerprint density at radius 3 is 2.80 bits per heavy atom. The number of benzene rings is 1. The zero-order chi connectivity index (χ0) is 11.4. The summed E-state index contributed by atoms with van der Waals surface area (Å²) in [6, 6.07) is 4.75. The molecule has 0 heterocycles. The third kappa shape index (κ3) is 3.13. The second-order valence-corrected chi connectivity index (χ2v) is 3.84. The van der Waals surface area contributed by atoms with E-state index in [0.29, 0.717) is 11.4 Å². The minimum Gasteiger partial charge on any atom is -0.508 e. The summed E-state index contributed by atoms with van der Waals surface area (Å²) in [7, 11) is 0. The molecule has 2 N–H and O–H groups in total. The largest absolute Gasteiger partial charge is 0.508 e. The number of phenolic OH excluding ortho intramolecular Hbond substituents is 1. The number of hydrogen-bond donors (Lipinski definition) is 2. The molecular weight excluding hydrogens is 214 g/mol. The molecule has 0 saturated carbocycles. The van der Waals surface area contributed by atoms with Crippen LogP contribution in [0.25, 0.3) is 0 Å². The smallest absolute Gasteiger partial charge is 0.251 e. The van der Waals surface area contributed by atoms with Crippen molar-refractivity contribution in [1.29, 1.82) is 0 Å². The number of carbonyl (C=O) groups is 1. The van der Waals surface area contributed by atoms with Crippen molar-refractivity contribution in [3.05, 3.63) is 29.3 Å². The molecule has 82 valence electrons. The maximum absolute atomic E-state index is 11.6. The number of alkyl halides is 1. The van der Waals surface area contributed by atoms with E-state index in [1.807, 2.05) is 6.92 Å². The zero-order valence-electron chi connectivity index (χ0n) is 8.75. The molecular formula is C11H14ClNO2. The molecule has 0 spiro atoms. The first-order valence-corrected chi connectivity index (χ1v) is 5.24. The van der Waals surface area contributed by atoms with Gasteiger partial charge >= 0.3 is 0 Å². The summed E-state index contributed by atoms with van der Waals surface area (Å²) < 4.78 is 0. The van der Waals surface area contributed by atoms with Gasteiger partial charge in [-0.1, -0.05) is 6.07 Å². The third-order valence-corrected chi connectivity index (χ3v) is 2.54. The third-order valence-electron chi connectivity index (χ3n) is 2.08. The maximum atomic E-state index is 11.6. The quantitative estimate of drug-likeness (QED) is 0.777. The van der Waals surface area contributed by atoms with Crippen molar-refractivity contribution in [2.75, 3.05) is 5.88 Å². The molecule has 4 heteroatoms. The van der Waals surface area contributed by atoms with Crippen LogP contribution in [0, 0.1) is 6.92 Å². The highest BCUT2D eigenvalue weighted by atomic mass is 35.5. The number of hydrogen-bond acceptors (Lipinski definition) is 2. The summed E-state index contributed by atoms with van der Waals surface area (Å²) in [6.45, 7) is 3.59. The Kier molecular flexibility index (Phi) is 3.97. The summed E-state index contributed by atoms with van der Waals surface area (Å²) in [5, 5.41) is 12.1. The first kappa shape index (κ1) is 11.9. The Hall–Kier alpha value is -1.22. The molecule has 1 unspecified atom stereocenters. The molecule has 1 aromatic carbocycles. The Morgan fingerprint density at radius 1 is 1.60 bits per heavy atom. The van der Waals surface area contributed by atoms with Gasteiger partial charge in [-0.05, 0) is 31.5 Å². The van der Waals surface area contributed by atoms with Gasteiger partial charge in [0.25, 0.3) is 5.91 Å². The molecule has 15 heavy (non-hydrogen) atoms. The van der Waals surface area contributed by atoms with Gasteiger partial charge in [0, 0.05) is 17.5 Å². The molecule has 0 aromatic heterocycles. The highest BCUT2D eigenvalue weighted by molar-refractivity contribution is 6.18. The van der Waals surface area contributed by atoms with Crippen LogP contribution >= 0.6 is 11.6 Å². The number of aromatic hydroxyl groups is 1. The van der Waals surface area contributed by atoms with E-state index in [0.717, 1.165) is 5.56 Å². The van der Waals surface area contributed by atoms with Crippen LogP contribution in [0.15, 0.2) is 18.2 Å². The standard InChI is InChI=1S/C11H14ClNO2/c1-7-3-4-9(5-10(7)14)11(15)13-8(2)6-12/h3-5,8,14H,6H2,1-2H3,(H,13,15). The lowest BCUT2D eigenvalue weighted by Crippen LogP contribution is -2.33. The van der Waals surface area contributed by atoms with Gasteiger partial charge < -0.3 is 10.4 Å². The Bertz CT molecular complexity index is 366. The molecule has 1 rings (SSSR count). The lowest BCUT2D eigenvalue weighted by molar-refractivity contribution is 0.0943. The van der Waals surface area contributed by atoms with Crippen molar-refractivity contribution < 1.29 is 9.90 Å². The fourth-order valence-electron chi connectivity index (χ4n) is 1.10. The normalized spacial score (nSPS) is 12.2. The zero-order valence-corrected chi connectivity index (χ0v) is 9.51. The first-order valence-electron chi connectivity index (χ1n) is 4.71. The van der Waals surface area contributed by atoms with Crippen LogP contribution in [0.4, 0.5) is 0 Å². The van der Waals surface area contributed by atoms with Gasteiger partial charge in [0.2, 0.25) is 0 Å². The predicted octanol–water partition coefficient (Wildman–Crippen LogP) is 2.06. The number of carbonyl (C=O) groups excluding carboxylic acids is 1. The summed E-state index contributed by atoms with van der Waals surface area (Å²) in [5.74, 6) is 0.267. The second kappa shape index (κ2) is 5.03. The van der Waals surface area contributed by atoms with E-state index in [-0.39, 0.29) is 17.7 Å². The van der Waals surface area contributed by atoms with Gasteiger partial charge in [-0.2, -0.15) is 0 Å². The molecule has 3 nitrogen and oxygen atoms in total. The van der Waals surface area contributed by atoms with Gasteiger partial charge in [0.15, 0.2) is 0 Å². The van der Waals surface area contributed by atoms with E-state index in [1.165, 1.54) is 6.07 Å². The lowest BCUT2D eigenvalue weighted by Gasteiger charge is -2.10. The molecule has 0 radical (unpaired) electrons. The van der Waals surface area contributed by atoms with Crippen molar-refractivity contribution >= 4 is 17.5 Å². The van der Waals surface area contributed by atoms with Gasteiger partial charge in [-0.3, -0.25) is 4.79 Å². The molecule has 0 aliphatic heterocycles. The van der Waals surface area contributed by atoms with Crippen molar-refractivity contribution in [3.8, 4) is 5.75 Å². The summed E-state index contributed by atoms with van der Waals surface area (Å²) in [5.41, 5.74) is 1.19. The molecule has 1 amide bonds. The van der Waals surface area contributed by atoms with Crippen LogP contribution in [0.1, 0.15) is 22.8 Å². The summed E-state index contributed by atoms with van der Waals surface area (Å²) in [4.78, 5) is 11.6. The summed E-state index contributed by atoms with van der Waals surface area (Å²) >= 11 is 5.58. The molecule has 1 atom stereocenters. The fourth-order valence-corrected chi connectivity index (χ4v) is 1.17. The predicted molar refractivity (Wildman–Crippen MR) is 60.5 cm³/mol. The number of halogens is 1. The van der Waals surface area contributed by atoms with E-state index in [9.17, 15) is 9.90 Å². The Labute approximate surface area is 94.1 Å². The SMILES string of the molecule is Cc1ccc(C(=O)NC(C)CCl)cc1O. The molecule has 0 aliphatic carbocycles. The minimum atomic E-state index is -0.224. The number of amides is 1. The van der Waals surface area contributed by atoms with Crippen LogP contribution < -0.4 is 5.32 Å². The van der Waals surface area contributed by atoms with Gasteiger partial charge in [-0.25, -0.2) is 0 Å². The monoisotopic (exact) mass is 227 g/mol. The second-order valence-electron chi connectivity index (χ2n) is 3.53.